The third kappa shape index (κ3) is 58.4. The summed E-state index contributed by atoms with van der Waals surface area (Å²) in [6, 6.07) is -2.81. The molecule has 0 spiro atoms. The first kappa shape index (κ1) is 99.8. The Labute approximate surface area is 639 Å². The Morgan fingerprint density at radius 2 is 0.676 bits per heavy atom. The van der Waals surface area contributed by atoms with E-state index < -0.39 is 119 Å². The zero-order valence-electron chi connectivity index (χ0n) is 67.7. The van der Waals surface area contributed by atoms with Crippen LogP contribution in [0.2, 0.25) is 0 Å². The van der Waals surface area contributed by atoms with Crippen molar-refractivity contribution in [1.82, 2.24) is 10.6 Å². The predicted octanol–water partition coefficient (Wildman–Crippen LogP) is 20.3. The van der Waals surface area contributed by atoms with Gasteiger partial charge in [0.2, 0.25) is 11.8 Å². The molecule has 1 unspecified atom stereocenters. The smallest absolute Gasteiger partial charge is 0.462 e. The second kappa shape index (κ2) is 69.9. The number of hydrogen-bond acceptors (Lipinski definition) is 16. The molecule has 0 bridgehead atoms. The van der Waals surface area contributed by atoms with Crippen molar-refractivity contribution < 1.29 is 86.3 Å². The van der Waals surface area contributed by atoms with E-state index in [0.29, 0.717) is 51.4 Å². The molecule has 0 aromatic carbocycles. The van der Waals surface area contributed by atoms with E-state index >= 15 is 0 Å². The fourth-order valence-electron chi connectivity index (χ4n) is 14.1. The molecule has 1 aliphatic rings. The average molecular weight is 1520 g/mol. The van der Waals surface area contributed by atoms with Gasteiger partial charge in [0, 0.05) is 19.3 Å². The van der Waals surface area contributed by atoms with Crippen LogP contribution in [0.1, 0.15) is 427 Å². The summed E-state index contributed by atoms with van der Waals surface area (Å²) >= 11 is 0. The van der Waals surface area contributed by atoms with Crippen LogP contribution in [-0.4, -0.2) is 131 Å². The minimum atomic E-state index is -5.52. The lowest BCUT2D eigenvalue weighted by atomic mass is 9.95. The minimum Gasteiger partial charge on any atom is -0.462 e. The lowest BCUT2D eigenvalue weighted by molar-refractivity contribution is -0.272. The lowest BCUT2D eigenvalue weighted by Crippen LogP contribution is -2.66. The molecule has 0 saturated carbocycles. The molecule has 20 nitrogen and oxygen atoms in total. The molecule has 1 heterocycles. The van der Waals surface area contributed by atoms with Gasteiger partial charge in [-0.3, -0.25) is 33.3 Å². The number of carbonyl (C=O) groups excluding carboxylic acids is 6. The van der Waals surface area contributed by atoms with Crippen molar-refractivity contribution in [2.24, 2.45) is 0 Å². The third-order valence-corrected chi connectivity index (χ3v) is 21.0. The van der Waals surface area contributed by atoms with Crippen LogP contribution in [0.3, 0.4) is 0 Å². The molecule has 0 radical (unpaired) electrons. The Kier molecular flexibility index (Phi) is 66.4. The summed E-state index contributed by atoms with van der Waals surface area (Å²) in [5.41, 5.74) is 0. The van der Waals surface area contributed by atoms with Gasteiger partial charge in [0.15, 0.2) is 12.4 Å². The quantitative estimate of drug-likeness (QED) is 0.0143. The number of carbonyl (C=O) groups is 6. The number of esters is 4. The van der Waals surface area contributed by atoms with E-state index in [1.807, 2.05) is 0 Å². The Bertz CT molecular complexity index is 2140. The largest absolute Gasteiger partial charge is 0.470 e. The van der Waals surface area contributed by atoms with Gasteiger partial charge in [-0.25, -0.2) is 4.57 Å². The lowest BCUT2D eigenvalue weighted by Gasteiger charge is -2.45. The highest BCUT2D eigenvalue weighted by Crippen LogP contribution is 2.42. The van der Waals surface area contributed by atoms with Gasteiger partial charge >= 0.3 is 31.7 Å². The van der Waals surface area contributed by atoms with E-state index in [4.69, 9.17) is 32.9 Å². The van der Waals surface area contributed by atoms with Crippen molar-refractivity contribution in [2.45, 2.75) is 482 Å². The highest BCUT2D eigenvalue weighted by molar-refractivity contribution is 7.46. The Balaban J connectivity index is 3.80. The standard InChI is InChI=1S/C84H159N2O18P/c1-7-13-19-25-31-37-40-46-52-58-71(99-77(91)61-55-49-43-34-28-22-16-10-4)64-75(89)85-70(67-87)69-98-84-81(86-76(90)65-72(59-53-47-41-38-32-26-20-14-8-2)100-78(92)62-56-50-44-35-29-23-17-11-5)83(82(74(68-88)102-84)104-105(95,96)97)103-80(94)66-73(60-54-48-42-39-33-27-21-15-9-3)101-79(93)63-57-51-45-36-30-24-18-12-6/h70-74,81-84,87-88H,7-69H2,1-6H3,(H,85,89)(H,86,90)(H2,95,96,97)/t70-,71+,72+,73+,74+,81+,82+,83+,84?/m0/s1. The summed E-state index contributed by atoms with van der Waals surface area (Å²) < 4.78 is 55.4. The number of aliphatic hydroxyl groups excluding tert-OH is 2. The number of ether oxygens (including phenoxy) is 6. The van der Waals surface area contributed by atoms with Crippen LogP contribution in [0.4, 0.5) is 0 Å². The molecule has 9 atom stereocenters. The minimum absolute atomic E-state index is 0.151. The van der Waals surface area contributed by atoms with Gasteiger partial charge in [-0.1, -0.05) is 330 Å². The summed E-state index contributed by atoms with van der Waals surface area (Å²) in [5, 5.41) is 27.5. The topological polar surface area (TPSA) is 289 Å². The van der Waals surface area contributed by atoms with Gasteiger partial charge < -0.3 is 59.1 Å². The highest BCUT2D eigenvalue weighted by atomic mass is 31.2. The van der Waals surface area contributed by atoms with E-state index in [1.165, 1.54) is 103 Å². The molecule has 0 aliphatic carbocycles. The second-order valence-corrected chi connectivity index (χ2v) is 31.8. The average Bonchev–Trinajstić information content (AvgIpc) is 0.781. The zero-order chi connectivity index (χ0) is 77.1. The maximum Gasteiger partial charge on any atom is 0.470 e. The highest BCUT2D eigenvalue weighted by Gasteiger charge is 2.52. The molecule has 1 fully saturated rings. The van der Waals surface area contributed by atoms with Crippen LogP contribution in [0.25, 0.3) is 0 Å². The van der Waals surface area contributed by atoms with Crippen molar-refractivity contribution in [3.05, 3.63) is 0 Å². The molecule has 0 aromatic heterocycles. The maximum atomic E-state index is 14.9. The molecule has 105 heavy (non-hydrogen) atoms. The second-order valence-electron chi connectivity index (χ2n) is 30.6. The first-order chi connectivity index (χ1) is 51.0. The van der Waals surface area contributed by atoms with E-state index in [-0.39, 0.29) is 38.1 Å². The Hall–Kier alpha value is -3.23. The van der Waals surface area contributed by atoms with Crippen molar-refractivity contribution in [1.29, 1.82) is 0 Å². The fourth-order valence-corrected chi connectivity index (χ4v) is 14.6. The first-order valence-corrected chi connectivity index (χ1v) is 45.1. The van der Waals surface area contributed by atoms with Crippen LogP contribution >= 0.6 is 7.82 Å². The third-order valence-electron chi connectivity index (χ3n) is 20.4. The Morgan fingerprint density at radius 1 is 0.381 bits per heavy atom. The predicted molar refractivity (Wildman–Crippen MR) is 420 cm³/mol. The molecule has 618 valence electrons. The maximum absolute atomic E-state index is 14.9. The number of amides is 2. The van der Waals surface area contributed by atoms with Crippen LogP contribution in [0.15, 0.2) is 0 Å². The van der Waals surface area contributed by atoms with Crippen LogP contribution in [0, 0.1) is 0 Å². The van der Waals surface area contributed by atoms with Crippen LogP contribution in [-0.2, 0) is 66.3 Å². The number of unbranched alkanes of at least 4 members (excludes halogenated alkanes) is 45. The summed E-state index contributed by atoms with van der Waals surface area (Å²) in [6.07, 6.45) is 44.3. The SMILES string of the molecule is CCCCCCCCCCC[C@H](CC(=O)N[C@@H](CO)COC1O[C@H](CO)[C@@H](OP(=O)(O)O)[C@H](OC(=O)C[C@@H](CCCCCCCCCCC)OC(=O)CCCCCCCCCC)[C@H]1NC(=O)C[C@@H](CCCCCCCCCCC)OC(=O)CCCCCCCCCC)OC(=O)CCCCCCCCCC. The zero-order valence-corrected chi connectivity index (χ0v) is 68.6. The van der Waals surface area contributed by atoms with Gasteiger partial charge in [-0.2, -0.15) is 0 Å². The molecule has 1 aliphatic heterocycles. The van der Waals surface area contributed by atoms with Crippen molar-refractivity contribution >= 4 is 43.5 Å². The molecule has 6 N–H and O–H groups in total. The van der Waals surface area contributed by atoms with E-state index in [2.05, 4.69) is 52.2 Å². The number of phosphoric ester groups is 1. The fraction of sp³-hybridized carbons (Fsp3) is 0.929. The van der Waals surface area contributed by atoms with Crippen LogP contribution < -0.4 is 10.6 Å². The number of phosphoric acid groups is 1. The monoisotopic (exact) mass is 1520 g/mol. The molecule has 21 heteroatoms. The first-order valence-electron chi connectivity index (χ1n) is 43.6. The van der Waals surface area contributed by atoms with Crippen LogP contribution in [0.5, 0.6) is 0 Å². The summed E-state index contributed by atoms with van der Waals surface area (Å²) in [5.74, 6) is -3.50. The Morgan fingerprint density at radius 3 is 0.981 bits per heavy atom. The van der Waals surface area contributed by atoms with E-state index in [0.717, 1.165) is 193 Å². The van der Waals surface area contributed by atoms with Gasteiger partial charge in [0.25, 0.3) is 0 Å². The van der Waals surface area contributed by atoms with Gasteiger partial charge in [-0.15, -0.1) is 0 Å². The molecule has 2 amide bonds. The van der Waals surface area contributed by atoms with E-state index in [1.54, 1.807) is 0 Å². The van der Waals surface area contributed by atoms with E-state index in [9.17, 15) is 53.3 Å². The normalized spacial score (nSPS) is 17.2. The molecule has 1 rings (SSSR count). The summed E-state index contributed by atoms with van der Waals surface area (Å²) in [4.78, 5) is 105. The molecule has 0 aromatic rings. The number of nitrogens with one attached hydrogen (secondary N) is 2. The van der Waals surface area contributed by atoms with Gasteiger partial charge in [-0.05, 0) is 57.8 Å². The molecular weight excluding hydrogens is 1360 g/mol. The molecular formula is C84H159N2O18P. The van der Waals surface area contributed by atoms with Crippen molar-refractivity contribution in [3.8, 4) is 0 Å². The van der Waals surface area contributed by atoms with Gasteiger partial charge in [0.1, 0.15) is 36.6 Å². The van der Waals surface area contributed by atoms with Crippen molar-refractivity contribution in [2.75, 3.05) is 19.8 Å². The molecule has 1 saturated heterocycles. The van der Waals surface area contributed by atoms with Gasteiger partial charge in [0.05, 0.1) is 45.1 Å². The summed E-state index contributed by atoms with van der Waals surface area (Å²) in [7, 11) is -5.52. The van der Waals surface area contributed by atoms with Crippen molar-refractivity contribution in [3.63, 3.8) is 0 Å². The number of hydrogen-bond donors (Lipinski definition) is 6. The summed E-state index contributed by atoms with van der Waals surface area (Å²) in [6.45, 7) is 11.0. The number of aliphatic hydroxyl groups is 2. The number of rotatable bonds is 76.